The van der Waals surface area contributed by atoms with Crippen LogP contribution in [-0.2, 0) is 0 Å². The van der Waals surface area contributed by atoms with Crippen LogP contribution in [0.5, 0.6) is 5.75 Å². The van der Waals surface area contributed by atoms with Gasteiger partial charge in [-0.15, -0.1) is 0 Å². The molecule has 1 heterocycles. The number of fused-ring (bicyclic) bond motifs is 1. The molecule has 0 saturated carbocycles. The van der Waals surface area contributed by atoms with Gasteiger partial charge in [0, 0.05) is 10.0 Å². The molecule has 0 radical (unpaired) electrons. The Labute approximate surface area is 106 Å². The van der Waals surface area contributed by atoms with Crippen LogP contribution in [0.15, 0.2) is 51.5 Å². The smallest absolute Gasteiger partial charge is 0.167 e. The molecular formula is C13H8BrNO2. The van der Waals surface area contributed by atoms with Crippen molar-refractivity contribution in [3.05, 3.63) is 46.9 Å². The molecule has 4 heteroatoms. The van der Waals surface area contributed by atoms with Crippen molar-refractivity contribution in [3.8, 4) is 17.0 Å². The summed E-state index contributed by atoms with van der Waals surface area (Å²) in [5.41, 5.74) is 2.33. The summed E-state index contributed by atoms with van der Waals surface area (Å²) in [5, 5.41) is 14.4. The van der Waals surface area contributed by atoms with Crippen LogP contribution in [0.2, 0.25) is 0 Å². The molecular weight excluding hydrogens is 282 g/mol. The largest absolute Gasteiger partial charge is 0.508 e. The maximum atomic E-state index is 9.51. The van der Waals surface area contributed by atoms with Crippen molar-refractivity contribution in [1.82, 2.24) is 5.16 Å². The lowest BCUT2D eigenvalue weighted by molar-refractivity contribution is 0.457. The van der Waals surface area contributed by atoms with Gasteiger partial charge in [0.25, 0.3) is 0 Å². The van der Waals surface area contributed by atoms with E-state index in [9.17, 15) is 5.11 Å². The Bertz CT molecular complexity index is 691. The maximum absolute atomic E-state index is 9.51. The number of rotatable bonds is 1. The predicted molar refractivity (Wildman–Crippen MR) is 68.8 cm³/mol. The zero-order valence-electron chi connectivity index (χ0n) is 8.72. The number of halogens is 1. The summed E-state index contributed by atoms with van der Waals surface area (Å²) in [6.45, 7) is 0. The molecule has 0 amide bonds. The molecule has 17 heavy (non-hydrogen) atoms. The monoisotopic (exact) mass is 289 g/mol. The van der Waals surface area contributed by atoms with E-state index in [0.29, 0.717) is 5.58 Å². The van der Waals surface area contributed by atoms with Crippen LogP contribution in [0, 0.1) is 0 Å². The minimum Gasteiger partial charge on any atom is -0.508 e. The van der Waals surface area contributed by atoms with Crippen LogP contribution >= 0.6 is 15.9 Å². The van der Waals surface area contributed by atoms with Crippen molar-refractivity contribution in [2.75, 3.05) is 0 Å². The molecule has 0 spiro atoms. The molecule has 3 rings (SSSR count). The van der Waals surface area contributed by atoms with Crippen molar-refractivity contribution in [3.63, 3.8) is 0 Å². The lowest BCUT2D eigenvalue weighted by Gasteiger charge is -1.99. The Balaban J connectivity index is 2.31. The molecule has 0 aliphatic rings. The van der Waals surface area contributed by atoms with E-state index in [4.69, 9.17) is 4.52 Å². The lowest BCUT2D eigenvalue weighted by Crippen LogP contribution is -1.79. The molecule has 0 aliphatic heterocycles. The molecule has 2 aromatic carbocycles. The predicted octanol–water partition coefficient (Wildman–Crippen LogP) is 3.96. The van der Waals surface area contributed by atoms with Crippen molar-refractivity contribution in [1.29, 1.82) is 0 Å². The first kappa shape index (κ1) is 10.4. The number of hydrogen-bond acceptors (Lipinski definition) is 3. The lowest BCUT2D eigenvalue weighted by atomic mass is 10.1. The summed E-state index contributed by atoms with van der Waals surface area (Å²) in [4.78, 5) is 0. The summed E-state index contributed by atoms with van der Waals surface area (Å²) in [7, 11) is 0. The van der Waals surface area contributed by atoms with Crippen molar-refractivity contribution >= 4 is 26.9 Å². The van der Waals surface area contributed by atoms with E-state index in [1.807, 2.05) is 24.3 Å². The Morgan fingerprint density at radius 3 is 2.76 bits per heavy atom. The molecule has 1 N–H and O–H groups in total. The van der Waals surface area contributed by atoms with E-state index in [0.717, 1.165) is 21.1 Å². The van der Waals surface area contributed by atoms with Gasteiger partial charge in [-0.2, -0.15) is 0 Å². The van der Waals surface area contributed by atoms with E-state index in [1.165, 1.54) is 0 Å². The van der Waals surface area contributed by atoms with Gasteiger partial charge in [-0.1, -0.05) is 39.3 Å². The van der Waals surface area contributed by atoms with Gasteiger partial charge >= 0.3 is 0 Å². The standard InChI is InChI=1S/C13H8BrNO2/c14-11-4-2-1-3-9(11)13-10-7-8(16)5-6-12(10)17-15-13/h1-7,16H. The van der Waals surface area contributed by atoms with E-state index < -0.39 is 0 Å². The van der Waals surface area contributed by atoms with Crippen LogP contribution in [0.4, 0.5) is 0 Å². The zero-order chi connectivity index (χ0) is 11.8. The Morgan fingerprint density at radius 2 is 1.94 bits per heavy atom. The van der Waals surface area contributed by atoms with Gasteiger partial charge in [-0.05, 0) is 24.3 Å². The first-order valence-corrected chi connectivity index (χ1v) is 5.88. The quantitative estimate of drug-likeness (QED) is 0.737. The molecule has 3 nitrogen and oxygen atoms in total. The Kier molecular flexibility index (Phi) is 2.37. The van der Waals surface area contributed by atoms with Crippen LogP contribution < -0.4 is 0 Å². The van der Waals surface area contributed by atoms with Crippen LogP contribution in [0.1, 0.15) is 0 Å². The van der Waals surface area contributed by atoms with Crippen molar-refractivity contribution in [2.45, 2.75) is 0 Å². The van der Waals surface area contributed by atoms with Crippen LogP contribution in [0.3, 0.4) is 0 Å². The zero-order valence-corrected chi connectivity index (χ0v) is 10.3. The number of nitrogens with zero attached hydrogens (tertiary/aromatic N) is 1. The highest BCUT2D eigenvalue weighted by Crippen LogP contribution is 2.34. The van der Waals surface area contributed by atoms with Gasteiger partial charge in [0.1, 0.15) is 11.4 Å². The number of hydrogen-bond donors (Lipinski definition) is 1. The Morgan fingerprint density at radius 1 is 1.12 bits per heavy atom. The van der Waals surface area contributed by atoms with Gasteiger partial charge in [0.15, 0.2) is 5.58 Å². The summed E-state index contributed by atoms with van der Waals surface area (Å²) >= 11 is 3.48. The van der Waals surface area contributed by atoms with Crippen LogP contribution in [-0.4, -0.2) is 10.3 Å². The van der Waals surface area contributed by atoms with E-state index in [2.05, 4.69) is 21.1 Å². The third kappa shape index (κ3) is 1.70. The van der Waals surface area contributed by atoms with Gasteiger partial charge in [0.2, 0.25) is 0 Å². The average molecular weight is 290 g/mol. The fraction of sp³-hybridized carbons (Fsp3) is 0. The van der Waals surface area contributed by atoms with Crippen LogP contribution in [0.25, 0.3) is 22.2 Å². The number of aromatic hydroxyl groups is 1. The second kappa shape index (κ2) is 3.89. The third-order valence-corrected chi connectivity index (χ3v) is 3.27. The molecule has 84 valence electrons. The molecule has 0 aliphatic carbocycles. The third-order valence-electron chi connectivity index (χ3n) is 2.58. The highest BCUT2D eigenvalue weighted by molar-refractivity contribution is 9.10. The first-order valence-electron chi connectivity index (χ1n) is 5.09. The molecule has 0 atom stereocenters. The summed E-state index contributed by atoms with van der Waals surface area (Å²) in [6, 6.07) is 12.7. The van der Waals surface area contributed by atoms with Gasteiger partial charge in [-0.3, -0.25) is 0 Å². The minimum atomic E-state index is 0.203. The van der Waals surface area contributed by atoms with E-state index in [-0.39, 0.29) is 5.75 Å². The minimum absolute atomic E-state index is 0.203. The number of phenolic OH excluding ortho intramolecular Hbond substituents is 1. The summed E-state index contributed by atoms with van der Waals surface area (Å²) in [5.74, 6) is 0.203. The number of phenols is 1. The summed E-state index contributed by atoms with van der Waals surface area (Å²) in [6.07, 6.45) is 0. The molecule has 3 aromatic rings. The SMILES string of the molecule is Oc1ccc2onc(-c3ccccc3Br)c2c1. The molecule has 0 fully saturated rings. The van der Waals surface area contributed by atoms with Gasteiger partial charge < -0.3 is 9.63 Å². The molecule has 0 bridgehead atoms. The van der Waals surface area contributed by atoms with Crippen molar-refractivity contribution < 1.29 is 9.63 Å². The van der Waals surface area contributed by atoms with Crippen molar-refractivity contribution in [2.24, 2.45) is 0 Å². The second-order valence-electron chi connectivity index (χ2n) is 3.69. The average Bonchev–Trinajstić information content (AvgIpc) is 2.72. The summed E-state index contributed by atoms with van der Waals surface area (Å²) < 4.78 is 6.17. The number of aromatic nitrogens is 1. The fourth-order valence-electron chi connectivity index (χ4n) is 1.77. The van der Waals surface area contributed by atoms with E-state index in [1.54, 1.807) is 18.2 Å². The molecule has 0 saturated heterocycles. The second-order valence-corrected chi connectivity index (χ2v) is 4.55. The van der Waals surface area contributed by atoms with Gasteiger partial charge in [0.05, 0.1) is 5.39 Å². The topological polar surface area (TPSA) is 46.3 Å². The highest BCUT2D eigenvalue weighted by Gasteiger charge is 2.12. The number of benzene rings is 2. The Hall–Kier alpha value is -1.81. The normalized spacial score (nSPS) is 10.9. The molecule has 1 aromatic heterocycles. The van der Waals surface area contributed by atoms with Gasteiger partial charge in [-0.25, -0.2) is 0 Å². The van der Waals surface area contributed by atoms with E-state index >= 15 is 0 Å². The highest BCUT2D eigenvalue weighted by atomic mass is 79.9. The molecule has 0 unspecified atom stereocenters. The first-order chi connectivity index (χ1) is 8.25. The maximum Gasteiger partial charge on any atom is 0.167 e. The fourth-order valence-corrected chi connectivity index (χ4v) is 2.25.